The number of anilines is 1. The normalized spacial score (nSPS) is 17.6. The number of carboxylic acids is 1. The van der Waals surface area contributed by atoms with Gasteiger partial charge in [-0.05, 0) is 32.9 Å². The van der Waals surface area contributed by atoms with Crippen LogP contribution in [0.4, 0.5) is 10.5 Å². The fourth-order valence-corrected chi connectivity index (χ4v) is 2.32. The van der Waals surface area contributed by atoms with Crippen LogP contribution in [0.5, 0.6) is 5.75 Å². The number of carboxylic acid groups (broad SMARTS) is 1. The summed E-state index contributed by atoms with van der Waals surface area (Å²) in [5.41, 5.74) is -0.334. The van der Waals surface area contributed by atoms with E-state index in [0.29, 0.717) is 16.5 Å². The van der Waals surface area contributed by atoms with Gasteiger partial charge in [-0.2, -0.15) is 0 Å². The molecule has 1 aliphatic rings. The molecule has 8 nitrogen and oxygen atoms in total. The minimum absolute atomic E-state index is 0.271. The van der Waals surface area contributed by atoms with Crippen molar-refractivity contribution in [2.45, 2.75) is 44.9 Å². The third kappa shape index (κ3) is 5.25. The van der Waals surface area contributed by atoms with Crippen LogP contribution in [-0.4, -0.2) is 40.8 Å². The lowest BCUT2D eigenvalue weighted by atomic mass is 10.1. The number of rotatable bonds is 4. The quantitative estimate of drug-likeness (QED) is 0.749. The lowest BCUT2D eigenvalue weighted by Gasteiger charge is -2.28. The summed E-state index contributed by atoms with van der Waals surface area (Å²) in [7, 11) is 0. The first-order chi connectivity index (χ1) is 11.5. The van der Waals surface area contributed by atoms with E-state index in [-0.39, 0.29) is 6.42 Å². The lowest BCUT2D eigenvalue weighted by molar-refractivity contribution is -0.140. The Hall–Kier alpha value is -2.48. The number of nitrogens with one attached hydrogen (secondary N) is 2. The minimum atomic E-state index is -1.36. The van der Waals surface area contributed by atoms with Gasteiger partial charge in [0.1, 0.15) is 17.4 Å². The number of halogens is 1. The standard InChI is InChI=1S/C16H19ClN2O6/c1-16(2,3)25-15(23)19-10(14(21)22)7-12-13(20)18-9-5-4-8(17)6-11(9)24-12/h4-6,10,12H,7H2,1-3H3,(H,18,20)(H,19,23)(H,21,22). The molecular weight excluding hydrogens is 352 g/mol. The average Bonchev–Trinajstić information content (AvgIpc) is 2.45. The van der Waals surface area contributed by atoms with Gasteiger partial charge in [0.05, 0.1) is 5.69 Å². The summed E-state index contributed by atoms with van der Waals surface area (Å²) in [5.74, 6) is -1.48. The van der Waals surface area contributed by atoms with Crippen molar-refractivity contribution in [2.24, 2.45) is 0 Å². The summed E-state index contributed by atoms with van der Waals surface area (Å²) in [6, 6.07) is 3.33. The number of carbonyl (C=O) groups is 3. The van der Waals surface area contributed by atoms with Gasteiger partial charge in [-0.3, -0.25) is 4.79 Å². The first kappa shape index (κ1) is 18.9. The van der Waals surface area contributed by atoms with Crippen molar-refractivity contribution in [3.05, 3.63) is 23.2 Å². The van der Waals surface area contributed by atoms with E-state index in [4.69, 9.17) is 21.1 Å². The number of hydrogen-bond acceptors (Lipinski definition) is 5. The lowest BCUT2D eigenvalue weighted by Crippen LogP contribution is -2.48. The molecule has 0 aromatic heterocycles. The Morgan fingerprint density at radius 1 is 1.44 bits per heavy atom. The molecule has 3 N–H and O–H groups in total. The predicted octanol–water partition coefficient (Wildman–Crippen LogP) is 2.41. The van der Waals surface area contributed by atoms with Gasteiger partial charge >= 0.3 is 12.1 Å². The number of hydrogen-bond donors (Lipinski definition) is 3. The molecule has 1 heterocycles. The molecule has 0 bridgehead atoms. The second kappa shape index (κ2) is 7.18. The van der Waals surface area contributed by atoms with Crippen LogP contribution in [-0.2, 0) is 14.3 Å². The van der Waals surface area contributed by atoms with Crippen LogP contribution < -0.4 is 15.4 Å². The first-order valence-electron chi connectivity index (χ1n) is 7.54. The van der Waals surface area contributed by atoms with E-state index in [1.54, 1.807) is 32.9 Å². The monoisotopic (exact) mass is 370 g/mol. The fourth-order valence-electron chi connectivity index (χ4n) is 2.16. The molecule has 1 aromatic carbocycles. The van der Waals surface area contributed by atoms with Gasteiger partial charge in [0, 0.05) is 17.5 Å². The smallest absolute Gasteiger partial charge is 0.408 e. The number of ether oxygens (including phenoxy) is 2. The highest BCUT2D eigenvalue weighted by Crippen LogP contribution is 2.33. The molecular formula is C16H19ClN2O6. The molecule has 0 saturated carbocycles. The Kier molecular flexibility index (Phi) is 5.42. The summed E-state index contributed by atoms with van der Waals surface area (Å²) in [6.45, 7) is 4.96. The maximum Gasteiger partial charge on any atom is 0.408 e. The van der Waals surface area contributed by atoms with Gasteiger partial charge < -0.3 is 25.2 Å². The maximum atomic E-state index is 12.1. The maximum absolute atomic E-state index is 12.1. The molecule has 136 valence electrons. The molecule has 9 heteroatoms. The highest BCUT2D eigenvalue weighted by molar-refractivity contribution is 6.30. The molecule has 0 fully saturated rings. The molecule has 2 unspecified atom stereocenters. The number of fused-ring (bicyclic) bond motifs is 1. The zero-order chi connectivity index (χ0) is 18.8. The van der Waals surface area contributed by atoms with Crippen LogP contribution in [0.2, 0.25) is 5.02 Å². The van der Waals surface area contributed by atoms with Crippen LogP contribution in [0, 0.1) is 0 Å². The van der Waals surface area contributed by atoms with Crippen LogP contribution in [0.15, 0.2) is 18.2 Å². The van der Waals surface area contributed by atoms with Gasteiger partial charge in [0.25, 0.3) is 5.91 Å². The largest absolute Gasteiger partial charge is 0.480 e. The molecule has 0 aliphatic carbocycles. The number of amides is 2. The molecule has 25 heavy (non-hydrogen) atoms. The Morgan fingerprint density at radius 3 is 2.72 bits per heavy atom. The van der Waals surface area contributed by atoms with E-state index in [2.05, 4.69) is 10.6 Å². The van der Waals surface area contributed by atoms with E-state index >= 15 is 0 Å². The van der Waals surface area contributed by atoms with Crippen molar-refractivity contribution >= 4 is 35.3 Å². The highest BCUT2D eigenvalue weighted by Gasteiger charge is 2.34. The van der Waals surface area contributed by atoms with Crippen molar-refractivity contribution in [1.29, 1.82) is 0 Å². The number of aliphatic carboxylic acids is 1. The predicted molar refractivity (Wildman–Crippen MR) is 89.9 cm³/mol. The van der Waals surface area contributed by atoms with Gasteiger partial charge in [0.15, 0.2) is 6.10 Å². The fraction of sp³-hybridized carbons (Fsp3) is 0.438. The van der Waals surface area contributed by atoms with E-state index in [1.165, 1.54) is 6.07 Å². The highest BCUT2D eigenvalue weighted by atomic mass is 35.5. The minimum Gasteiger partial charge on any atom is -0.480 e. The van der Waals surface area contributed by atoms with Crippen molar-refractivity contribution in [1.82, 2.24) is 5.32 Å². The van der Waals surface area contributed by atoms with Gasteiger partial charge in [0.2, 0.25) is 0 Å². The average molecular weight is 371 g/mol. The molecule has 0 saturated heterocycles. The van der Waals surface area contributed by atoms with E-state index in [9.17, 15) is 19.5 Å². The third-order valence-corrected chi connectivity index (χ3v) is 3.44. The van der Waals surface area contributed by atoms with Gasteiger partial charge in [-0.25, -0.2) is 9.59 Å². The van der Waals surface area contributed by atoms with Crippen LogP contribution in [0.3, 0.4) is 0 Å². The summed E-state index contributed by atoms with van der Waals surface area (Å²) < 4.78 is 10.6. The van der Waals surface area contributed by atoms with Crippen LogP contribution >= 0.6 is 11.6 Å². The second-order valence-electron chi connectivity index (χ2n) is 6.51. The van der Waals surface area contributed by atoms with Crippen molar-refractivity contribution in [2.75, 3.05) is 5.32 Å². The summed E-state index contributed by atoms with van der Waals surface area (Å²) >= 11 is 5.89. The molecule has 1 aliphatic heterocycles. The van der Waals surface area contributed by atoms with Gasteiger partial charge in [-0.1, -0.05) is 11.6 Å². The third-order valence-electron chi connectivity index (χ3n) is 3.20. The van der Waals surface area contributed by atoms with Crippen molar-refractivity contribution in [3.8, 4) is 5.75 Å². The summed E-state index contributed by atoms with van der Waals surface area (Å²) in [4.78, 5) is 35.3. The Morgan fingerprint density at radius 2 is 2.12 bits per heavy atom. The number of alkyl carbamates (subject to hydrolysis) is 1. The molecule has 2 amide bonds. The molecule has 1 aromatic rings. The first-order valence-corrected chi connectivity index (χ1v) is 7.92. The van der Waals surface area contributed by atoms with E-state index < -0.39 is 35.7 Å². The topological polar surface area (TPSA) is 114 Å². The zero-order valence-corrected chi connectivity index (χ0v) is 14.7. The summed E-state index contributed by atoms with van der Waals surface area (Å²) in [5, 5.41) is 14.6. The zero-order valence-electron chi connectivity index (χ0n) is 14.0. The molecule has 2 rings (SSSR count). The van der Waals surface area contributed by atoms with E-state index in [1.807, 2.05) is 0 Å². The SMILES string of the molecule is CC(C)(C)OC(=O)NC(CC1Oc2cc(Cl)ccc2NC1=O)C(=O)O. The molecule has 2 atom stereocenters. The number of benzene rings is 1. The summed E-state index contributed by atoms with van der Waals surface area (Å²) in [6.07, 6.45) is -2.26. The van der Waals surface area contributed by atoms with Gasteiger partial charge in [-0.15, -0.1) is 0 Å². The Labute approximate surface area is 149 Å². The van der Waals surface area contributed by atoms with Crippen LogP contribution in [0.25, 0.3) is 0 Å². The second-order valence-corrected chi connectivity index (χ2v) is 6.95. The van der Waals surface area contributed by atoms with Crippen LogP contribution in [0.1, 0.15) is 27.2 Å². The molecule has 0 spiro atoms. The Bertz CT molecular complexity index is 700. The van der Waals surface area contributed by atoms with Crippen molar-refractivity contribution < 1.29 is 29.0 Å². The number of carbonyl (C=O) groups excluding carboxylic acids is 2. The van der Waals surface area contributed by atoms with Crippen molar-refractivity contribution in [3.63, 3.8) is 0 Å². The van der Waals surface area contributed by atoms with E-state index in [0.717, 1.165) is 0 Å². The molecule has 0 radical (unpaired) electrons. The Balaban J connectivity index is 2.08.